The third-order valence-electron chi connectivity index (χ3n) is 4.36. The molecule has 3 aromatic rings. The fourth-order valence-electron chi connectivity index (χ4n) is 3.02. The average molecular weight is 451 g/mol. The minimum atomic E-state index is -1.03. The van der Waals surface area contributed by atoms with Crippen LogP contribution in [0.5, 0.6) is 5.75 Å². The maximum atomic E-state index is 13.4. The van der Waals surface area contributed by atoms with Crippen LogP contribution in [0.4, 0.5) is 10.3 Å². The summed E-state index contributed by atoms with van der Waals surface area (Å²) in [6.45, 7) is 1.02. The molecule has 4 rings (SSSR count). The predicted molar refractivity (Wildman–Crippen MR) is 101 cm³/mol. The zero-order valence-corrected chi connectivity index (χ0v) is 16.2. The van der Waals surface area contributed by atoms with E-state index in [0.29, 0.717) is 36.0 Å². The zero-order valence-electron chi connectivity index (χ0n) is 14.6. The Labute approximate surface area is 167 Å². The number of halogens is 2. The zero-order chi connectivity index (χ0) is 19.7. The quantitative estimate of drug-likeness (QED) is 0.630. The van der Waals surface area contributed by atoms with Crippen molar-refractivity contribution in [3.05, 3.63) is 34.7 Å². The van der Waals surface area contributed by atoms with E-state index in [4.69, 9.17) is 9.84 Å². The minimum Gasteiger partial charge on any atom is -0.489 e. The average Bonchev–Trinajstić information content (AvgIpc) is 3.06. The lowest BCUT2D eigenvalue weighted by Gasteiger charge is -2.32. The van der Waals surface area contributed by atoms with Crippen molar-refractivity contribution >= 4 is 39.0 Å². The fraction of sp³-hybridized carbons (Fsp3) is 0.353. The molecule has 9 nitrogen and oxygen atoms in total. The topological polar surface area (TPSA) is 106 Å². The number of nitrogens with zero attached hydrogens (tertiary/aromatic N) is 6. The molecule has 11 heteroatoms. The Hall–Kier alpha value is -2.82. The van der Waals surface area contributed by atoms with Gasteiger partial charge in [-0.25, -0.2) is 9.37 Å². The summed E-state index contributed by atoms with van der Waals surface area (Å²) in [6.07, 6.45) is 2.97. The molecule has 0 unspecified atom stereocenters. The molecule has 1 aliphatic heterocycles. The van der Waals surface area contributed by atoms with Crippen LogP contribution in [0.1, 0.15) is 12.8 Å². The van der Waals surface area contributed by atoms with Gasteiger partial charge in [-0.2, -0.15) is 9.78 Å². The number of carbonyl (C=O) groups is 1. The number of aliphatic carboxylic acids is 1. The van der Waals surface area contributed by atoms with Crippen LogP contribution in [0.25, 0.3) is 11.2 Å². The van der Waals surface area contributed by atoms with Crippen LogP contribution < -0.4 is 9.64 Å². The Balaban J connectivity index is 1.41. The van der Waals surface area contributed by atoms with Crippen LogP contribution in [0.2, 0.25) is 0 Å². The minimum absolute atomic E-state index is 0.0328. The van der Waals surface area contributed by atoms with Crippen LogP contribution in [0.3, 0.4) is 0 Å². The molecule has 0 radical (unpaired) electrons. The second-order valence-electron chi connectivity index (χ2n) is 6.38. The van der Waals surface area contributed by atoms with Gasteiger partial charge in [0.2, 0.25) is 11.6 Å². The van der Waals surface area contributed by atoms with E-state index in [1.54, 1.807) is 6.07 Å². The van der Waals surface area contributed by atoms with Crippen LogP contribution in [0, 0.1) is 5.82 Å². The highest BCUT2D eigenvalue weighted by Gasteiger charge is 2.23. The molecule has 1 aromatic carbocycles. The number of carboxylic acids is 1. The van der Waals surface area contributed by atoms with E-state index in [-0.39, 0.29) is 18.5 Å². The Kier molecular flexibility index (Phi) is 5.07. The lowest BCUT2D eigenvalue weighted by atomic mass is 10.1. The molecule has 0 atom stereocenters. The summed E-state index contributed by atoms with van der Waals surface area (Å²) < 4.78 is 20.1. The molecule has 0 bridgehead atoms. The van der Waals surface area contributed by atoms with Gasteiger partial charge in [0.1, 0.15) is 17.7 Å². The summed E-state index contributed by atoms with van der Waals surface area (Å²) in [5, 5.41) is 17.0. The van der Waals surface area contributed by atoms with Gasteiger partial charge in [-0.1, -0.05) is 0 Å². The number of aromatic nitrogens is 5. The molecule has 0 saturated carbocycles. The number of fused-ring (bicyclic) bond motifs is 1. The van der Waals surface area contributed by atoms with Crippen LogP contribution in [-0.4, -0.2) is 55.2 Å². The number of hydrogen-bond donors (Lipinski definition) is 1. The van der Waals surface area contributed by atoms with Gasteiger partial charge in [0.15, 0.2) is 12.1 Å². The Morgan fingerprint density at radius 2 is 2.11 bits per heavy atom. The molecule has 0 aliphatic carbocycles. The normalized spacial score (nSPS) is 15.1. The Morgan fingerprint density at radius 1 is 1.32 bits per heavy atom. The molecule has 1 aliphatic rings. The second kappa shape index (κ2) is 7.66. The van der Waals surface area contributed by atoms with E-state index in [2.05, 4.69) is 36.1 Å². The summed E-state index contributed by atoms with van der Waals surface area (Å²) in [5.74, 6) is -0.361. The summed E-state index contributed by atoms with van der Waals surface area (Å²) in [6, 6.07) is 4.37. The van der Waals surface area contributed by atoms with E-state index in [1.807, 2.05) is 4.90 Å². The van der Waals surface area contributed by atoms with Crippen LogP contribution in [0.15, 0.2) is 28.9 Å². The number of hydrogen-bond acceptors (Lipinski definition) is 7. The van der Waals surface area contributed by atoms with Crippen molar-refractivity contribution in [3.8, 4) is 5.75 Å². The Morgan fingerprint density at radius 3 is 2.86 bits per heavy atom. The summed E-state index contributed by atoms with van der Waals surface area (Å²) in [4.78, 5) is 22.6. The standard InChI is InChI=1S/C17H16BrFN6O3/c18-12-2-1-10(19)7-14(12)28-11-3-5-24(6-4-11)17-20-8-13-16(21-17)23-25(22-13)9-15(26)27/h1-2,7-8,11H,3-6,9H2,(H,26,27). The highest BCUT2D eigenvalue weighted by molar-refractivity contribution is 9.10. The summed E-state index contributed by atoms with van der Waals surface area (Å²) >= 11 is 3.37. The van der Waals surface area contributed by atoms with Crippen molar-refractivity contribution in [2.24, 2.45) is 0 Å². The van der Waals surface area contributed by atoms with E-state index in [1.165, 1.54) is 18.3 Å². The molecular formula is C17H16BrFN6O3. The van der Waals surface area contributed by atoms with Gasteiger partial charge in [0.05, 0.1) is 10.7 Å². The van der Waals surface area contributed by atoms with Gasteiger partial charge < -0.3 is 14.7 Å². The third kappa shape index (κ3) is 4.03. The van der Waals surface area contributed by atoms with E-state index in [0.717, 1.165) is 22.1 Å². The lowest BCUT2D eigenvalue weighted by molar-refractivity contribution is -0.138. The van der Waals surface area contributed by atoms with Crippen molar-refractivity contribution in [2.75, 3.05) is 18.0 Å². The van der Waals surface area contributed by atoms with Crippen molar-refractivity contribution in [3.63, 3.8) is 0 Å². The van der Waals surface area contributed by atoms with Crippen molar-refractivity contribution in [1.82, 2.24) is 25.0 Å². The number of rotatable bonds is 5. The van der Waals surface area contributed by atoms with Crippen molar-refractivity contribution in [2.45, 2.75) is 25.5 Å². The summed E-state index contributed by atoms with van der Waals surface area (Å²) in [5.41, 5.74) is 0.799. The maximum absolute atomic E-state index is 13.4. The molecule has 0 amide bonds. The first-order valence-corrected chi connectivity index (χ1v) is 9.43. The van der Waals surface area contributed by atoms with E-state index in [9.17, 15) is 9.18 Å². The Bertz CT molecular complexity index is 1020. The molecule has 1 saturated heterocycles. The van der Waals surface area contributed by atoms with E-state index >= 15 is 0 Å². The molecular weight excluding hydrogens is 435 g/mol. The number of benzene rings is 1. The smallest absolute Gasteiger partial charge is 0.327 e. The lowest BCUT2D eigenvalue weighted by Crippen LogP contribution is -2.39. The second-order valence-corrected chi connectivity index (χ2v) is 7.24. The number of ether oxygens (including phenoxy) is 1. The first-order chi connectivity index (χ1) is 13.5. The van der Waals surface area contributed by atoms with Crippen molar-refractivity contribution in [1.29, 1.82) is 0 Å². The predicted octanol–water partition coefficient (Wildman–Crippen LogP) is 2.26. The molecule has 28 heavy (non-hydrogen) atoms. The molecule has 146 valence electrons. The van der Waals surface area contributed by atoms with Gasteiger partial charge in [-0.05, 0) is 28.1 Å². The van der Waals surface area contributed by atoms with Gasteiger partial charge in [0.25, 0.3) is 0 Å². The molecule has 1 fully saturated rings. The van der Waals surface area contributed by atoms with Gasteiger partial charge >= 0.3 is 5.97 Å². The number of carboxylic acid groups (broad SMARTS) is 1. The molecule has 2 aromatic heterocycles. The summed E-state index contributed by atoms with van der Waals surface area (Å²) in [7, 11) is 0. The van der Waals surface area contributed by atoms with Crippen molar-refractivity contribution < 1.29 is 19.0 Å². The first kappa shape index (κ1) is 18.5. The van der Waals surface area contributed by atoms with Gasteiger partial charge in [0, 0.05) is 32.0 Å². The molecule has 1 N–H and O–H groups in total. The highest BCUT2D eigenvalue weighted by Crippen LogP contribution is 2.29. The highest BCUT2D eigenvalue weighted by atomic mass is 79.9. The third-order valence-corrected chi connectivity index (χ3v) is 5.01. The van der Waals surface area contributed by atoms with E-state index < -0.39 is 5.97 Å². The first-order valence-electron chi connectivity index (χ1n) is 8.64. The van der Waals surface area contributed by atoms with Crippen LogP contribution in [-0.2, 0) is 11.3 Å². The van der Waals surface area contributed by atoms with Gasteiger partial charge in [-0.15, -0.1) is 10.2 Å². The molecule has 3 heterocycles. The molecule has 0 spiro atoms. The fourth-order valence-corrected chi connectivity index (χ4v) is 3.36. The SMILES string of the molecule is O=C(O)Cn1nc2cnc(N3CCC(Oc4cc(F)ccc4Br)CC3)nc2n1. The monoisotopic (exact) mass is 450 g/mol. The van der Waals surface area contributed by atoms with Gasteiger partial charge in [-0.3, -0.25) is 4.79 Å². The largest absolute Gasteiger partial charge is 0.489 e. The van der Waals surface area contributed by atoms with Crippen LogP contribution >= 0.6 is 15.9 Å². The maximum Gasteiger partial charge on any atom is 0.327 e. The number of anilines is 1. The number of piperidine rings is 1.